The maximum atomic E-state index is 12.4. The van der Waals surface area contributed by atoms with E-state index in [4.69, 9.17) is 0 Å². The van der Waals surface area contributed by atoms with Gasteiger partial charge in [0.05, 0.1) is 7.11 Å². The van der Waals surface area contributed by atoms with Gasteiger partial charge in [-0.05, 0) is 24.1 Å². The lowest BCUT2D eigenvalue weighted by Crippen LogP contribution is -2.10. The molecule has 0 unspecified atom stereocenters. The molecule has 1 aromatic heterocycles. The molecular weight excluding hydrogens is 247 g/mol. The first-order valence-electron chi connectivity index (χ1n) is 5.21. The predicted octanol–water partition coefficient (Wildman–Crippen LogP) is 2.85. The molecule has 0 radical (unpaired) electrons. The highest BCUT2D eigenvalue weighted by Gasteiger charge is 2.32. The number of methoxy groups -OCH3 is 1. The van der Waals surface area contributed by atoms with E-state index in [1.807, 2.05) is 0 Å². The Balaban J connectivity index is 3.08. The van der Waals surface area contributed by atoms with E-state index in [1.165, 1.54) is 19.3 Å². The summed E-state index contributed by atoms with van der Waals surface area (Å²) in [6, 6.07) is 2.17. The maximum Gasteiger partial charge on any atom is 0.433 e. The van der Waals surface area contributed by atoms with Crippen LogP contribution in [0.3, 0.4) is 0 Å². The summed E-state index contributed by atoms with van der Waals surface area (Å²) in [5.41, 5.74) is -0.185. The summed E-state index contributed by atoms with van der Waals surface area (Å²) in [6.07, 6.45) is -1.60. The van der Waals surface area contributed by atoms with Crippen LogP contribution in [0.4, 0.5) is 13.2 Å². The monoisotopic (exact) mass is 259 g/mol. The first-order valence-corrected chi connectivity index (χ1v) is 5.21. The number of aryl methyl sites for hydroxylation is 1. The summed E-state index contributed by atoms with van der Waals surface area (Å²) in [5, 5.41) is 0. The Labute approximate surface area is 102 Å². The normalized spacial score (nSPS) is 11.8. The largest absolute Gasteiger partial charge is 0.466 e. The van der Waals surface area contributed by atoms with Gasteiger partial charge in [0.1, 0.15) is 5.69 Å². The summed E-state index contributed by atoms with van der Waals surface area (Å²) in [6.45, 7) is 1.69. The number of nitrogens with zero attached hydrogens (tertiary/aromatic N) is 1. The molecule has 0 bridgehead atoms. The summed E-state index contributed by atoms with van der Waals surface area (Å²) in [7, 11) is 1.22. The number of hydrogen-bond acceptors (Lipinski definition) is 3. The molecule has 6 heteroatoms. The lowest BCUT2D eigenvalue weighted by atomic mass is 10.1. The van der Waals surface area contributed by atoms with Crippen molar-refractivity contribution in [1.82, 2.24) is 4.98 Å². The Morgan fingerprint density at radius 2 is 2.11 bits per heavy atom. The second-order valence-corrected chi connectivity index (χ2v) is 3.44. The number of alkyl halides is 3. The molecular formula is C12H12F3NO2. The fraction of sp³-hybridized carbons (Fsp3) is 0.333. The van der Waals surface area contributed by atoms with E-state index < -0.39 is 17.8 Å². The van der Waals surface area contributed by atoms with Gasteiger partial charge in [-0.2, -0.15) is 13.2 Å². The van der Waals surface area contributed by atoms with Crippen LogP contribution >= 0.6 is 0 Å². The molecule has 98 valence electrons. The van der Waals surface area contributed by atoms with E-state index in [0.29, 0.717) is 12.0 Å². The van der Waals surface area contributed by atoms with E-state index in [-0.39, 0.29) is 5.69 Å². The number of rotatable bonds is 3. The third-order valence-electron chi connectivity index (χ3n) is 2.23. The standard InChI is InChI=1S/C12H12F3NO2/c1-3-9-8(5-7-11(17)18-2)4-6-10(16-9)12(13,14)15/h4-7H,3H2,1-2H3/b7-5+. The van der Waals surface area contributed by atoms with Crippen LogP contribution < -0.4 is 0 Å². The third kappa shape index (κ3) is 3.58. The number of carbonyl (C=O) groups excluding carboxylic acids is 1. The number of carbonyl (C=O) groups is 1. The van der Waals surface area contributed by atoms with Gasteiger partial charge in [0, 0.05) is 11.8 Å². The minimum atomic E-state index is -4.46. The maximum absolute atomic E-state index is 12.4. The van der Waals surface area contributed by atoms with Crippen LogP contribution in [-0.2, 0) is 22.1 Å². The Morgan fingerprint density at radius 1 is 1.44 bits per heavy atom. The highest BCUT2D eigenvalue weighted by Crippen LogP contribution is 2.28. The number of hydrogen-bond donors (Lipinski definition) is 0. The summed E-state index contributed by atoms with van der Waals surface area (Å²) >= 11 is 0. The van der Waals surface area contributed by atoms with Crippen LogP contribution in [0.25, 0.3) is 6.08 Å². The van der Waals surface area contributed by atoms with Crippen LogP contribution in [0.2, 0.25) is 0 Å². The zero-order valence-electron chi connectivity index (χ0n) is 9.91. The zero-order chi connectivity index (χ0) is 13.8. The molecule has 0 aromatic carbocycles. The quantitative estimate of drug-likeness (QED) is 0.619. The molecule has 0 aliphatic carbocycles. The van der Waals surface area contributed by atoms with Gasteiger partial charge in [-0.3, -0.25) is 0 Å². The van der Waals surface area contributed by atoms with Gasteiger partial charge >= 0.3 is 12.1 Å². The molecule has 0 saturated carbocycles. The minimum absolute atomic E-state index is 0.282. The van der Waals surface area contributed by atoms with Crippen molar-refractivity contribution in [1.29, 1.82) is 0 Å². The molecule has 18 heavy (non-hydrogen) atoms. The fourth-order valence-electron chi connectivity index (χ4n) is 1.33. The van der Waals surface area contributed by atoms with Gasteiger partial charge in [-0.15, -0.1) is 0 Å². The first kappa shape index (κ1) is 14.2. The second-order valence-electron chi connectivity index (χ2n) is 3.44. The SMILES string of the molecule is CCc1nc(C(F)(F)F)ccc1/C=C/C(=O)OC. The fourth-order valence-corrected chi connectivity index (χ4v) is 1.33. The average Bonchev–Trinajstić information content (AvgIpc) is 2.34. The molecule has 3 nitrogen and oxygen atoms in total. The Hall–Kier alpha value is -1.85. The van der Waals surface area contributed by atoms with Crippen LogP contribution in [0.15, 0.2) is 18.2 Å². The predicted molar refractivity (Wildman–Crippen MR) is 59.7 cm³/mol. The molecule has 0 saturated heterocycles. The number of pyridine rings is 1. The van der Waals surface area contributed by atoms with Crippen molar-refractivity contribution in [3.05, 3.63) is 35.2 Å². The highest BCUT2D eigenvalue weighted by atomic mass is 19.4. The smallest absolute Gasteiger partial charge is 0.433 e. The van der Waals surface area contributed by atoms with Gasteiger partial charge in [0.15, 0.2) is 0 Å². The van der Waals surface area contributed by atoms with Crippen molar-refractivity contribution in [3.8, 4) is 0 Å². The average molecular weight is 259 g/mol. The molecule has 0 amide bonds. The second kappa shape index (κ2) is 5.66. The summed E-state index contributed by atoms with van der Waals surface area (Å²) in [4.78, 5) is 14.4. The minimum Gasteiger partial charge on any atom is -0.466 e. The van der Waals surface area contributed by atoms with Gasteiger partial charge in [0.25, 0.3) is 0 Å². The lowest BCUT2D eigenvalue weighted by Gasteiger charge is -2.09. The first-order chi connectivity index (χ1) is 8.38. The van der Waals surface area contributed by atoms with E-state index in [0.717, 1.165) is 12.1 Å². The Morgan fingerprint density at radius 3 is 2.61 bits per heavy atom. The molecule has 0 spiro atoms. The molecule has 0 atom stereocenters. The van der Waals surface area contributed by atoms with Crippen molar-refractivity contribution in [2.24, 2.45) is 0 Å². The topological polar surface area (TPSA) is 39.2 Å². The van der Waals surface area contributed by atoms with Crippen molar-refractivity contribution < 1.29 is 22.7 Å². The Bertz CT molecular complexity index is 467. The van der Waals surface area contributed by atoms with Crippen molar-refractivity contribution in [2.45, 2.75) is 19.5 Å². The molecule has 1 heterocycles. The van der Waals surface area contributed by atoms with E-state index in [1.54, 1.807) is 6.92 Å². The zero-order valence-corrected chi connectivity index (χ0v) is 9.91. The lowest BCUT2D eigenvalue weighted by molar-refractivity contribution is -0.141. The van der Waals surface area contributed by atoms with Crippen molar-refractivity contribution >= 4 is 12.0 Å². The number of halogens is 3. The van der Waals surface area contributed by atoms with E-state index in [9.17, 15) is 18.0 Å². The highest BCUT2D eigenvalue weighted by molar-refractivity contribution is 5.87. The van der Waals surface area contributed by atoms with Crippen LogP contribution in [-0.4, -0.2) is 18.1 Å². The van der Waals surface area contributed by atoms with Crippen LogP contribution in [0.5, 0.6) is 0 Å². The van der Waals surface area contributed by atoms with E-state index >= 15 is 0 Å². The number of aromatic nitrogens is 1. The molecule has 1 rings (SSSR count). The van der Waals surface area contributed by atoms with Crippen LogP contribution in [0, 0.1) is 0 Å². The molecule has 0 fully saturated rings. The molecule has 0 aliphatic rings. The van der Waals surface area contributed by atoms with Crippen molar-refractivity contribution in [2.75, 3.05) is 7.11 Å². The van der Waals surface area contributed by atoms with Crippen molar-refractivity contribution in [3.63, 3.8) is 0 Å². The van der Waals surface area contributed by atoms with E-state index in [2.05, 4.69) is 9.72 Å². The number of esters is 1. The van der Waals surface area contributed by atoms with Gasteiger partial charge in [-0.25, -0.2) is 9.78 Å². The van der Waals surface area contributed by atoms with Gasteiger partial charge in [-0.1, -0.05) is 13.0 Å². The van der Waals surface area contributed by atoms with Gasteiger partial charge in [0.2, 0.25) is 0 Å². The molecule has 0 N–H and O–H groups in total. The Kier molecular flexibility index (Phi) is 4.47. The third-order valence-corrected chi connectivity index (χ3v) is 2.23. The number of ether oxygens (including phenoxy) is 1. The van der Waals surface area contributed by atoms with Crippen LogP contribution in [0.1, 0.15) is 23.9 Å². The summed E-state index contributed by atoms with van der Waals surface area (Å²) < 4.78 is 41.7. The van der Waals surface area contributed by atoms with Gasteiger partial charge < -0.3 is 4.74 Å². The summed E-state index contributed by atoms with van der Waals surface area (Å²) in [5.74, 6) is -0.572. The molecule has 1 aromatic rings. The molecule has 0 aliphatic heterocycles.